The Morgan fingerprint density at radius 3 is 2.89 bits per heavy atom. The fourth-order valence-corrected chi connectivity index (χ4v) is 6.70. The lowest BCUT2D eigenvalue weighted by Gasteiger charge is -2.27. The van der Waals surface area contributed by atoms with Crippen LogP contribution < -0.4 is 0 Å². The number of benzene rings is 1. The molecule has 0 saturated heterocycles. The van der Waals surface area contributed by atoms with E-state index in [9.17, 15) is 14.9 Å². The van der Waals surface area contributed by atoms with Crippen LogP contribution >= 0.6 is 23.1 Å². The number of hydrazone groups is 1. The quantitative estimate of drug-likeness (QED) is 0.166. The predicted molar refractivity (Wildman–Crippen MR) is 137 cm³/mol. The van der Waals surface area contributed by atoms with Gasteiger partial charge < -0.3 is 8.83 Å². The predicted octanol–water partition coefficient (Wildman–Crippen LogP) is 6.31. The normalized spacial score (nSPS) is 20.6. The summed E-state index contributed by atoms with van der Waals surface area (Å²) >= 11 is 2.65. The zero-order chi connectivity index (χ0) is 24.6. The first-order chi connectivity index (χ1) is 17.6. The number of hydrogen-bond donors (Lipinski definition) is 0. The van der Waals surface area contributed by atoms with E-state index < -0.39 is 4.92 Å². The molecule has 1 fully saturated rings. The molecule has 1 aliphatic carbocycles. The minimum absolute atomic E-state index is 0.0222. The Morgan fingerprint density at radius 1 is 1.25 bits per heavy atom. The van der Waals surface area contributed by atoms with Crippen molar-refractivity contribution in [2.24, 2.45) is 11.0 Å². The summed E-state index contributed by atoms with van der Waals surface area (Å²) in [5.41, 5.74) is 2.68. The highest BCUT2D eigenvalue weighted by Gasteiger charge is 2.45. The summed E-state index contributed by atoms with van der Waals surface area (Å²) in [5.74, 6) is 1.51. The molecular weight excluding hydrogens is 500 g/mol. The van der Waals surface area contributed by atoms with Crippen molar-refractivity contribution >= 4 is 56.7 Å². The van der Waals surface area contributed by atoms with Crippen molar-refractivity contribution < 1.29 is 18.6 Å². The second-order valence-corrected chi connectivity index (χ2v) is 10.8. The van der Waals surface area contributed by atoms with Crippen molar-refractivity contribution in [2.45, 2.75) is 29.6 Å². The van der Waals surface area contributed by atoms with E-state index in [4.69, 9.17) is 13.9 Å². The third-order valence-electron chi connectivity index (χ3n) is 6.33. The standard InChI is InChI=1S/C25H20N4O5S2/c30-22(14-35-25-26-19-9-8-16(29(31)32)13-21(19)36-25)28-24(20-7-3-11-34-20)18-6-1-4-15(23(18)27-28)12-17-5-2-10-33-17/h2-3,5,7-13,18,24H,1,4,6,14H2. The van der Waals surface area contributed by atoms with Crippen LogP contribution in [0.2, 0.25) is 0 Å². The average Bonchev–Trinajstić information content (AvgIpc) is 3.67. The highest BCUT2D eigenvalue weighted by Crippen LogP contribution is 2.45. The molecule has 9 nitrogen and oxygen atoms in total. The molecule has 11 heteroatoms. The molecule has 36 heavy (non-hydrogen) atoms. The van der Waals surface area contributed by atoms with E-state index >= 15 is 0 Å². The van der Waals surface area contributed by atoms with Gasteiger partial charge in [0.1, 0.15) is 17.6 Å². The van der Waals surface area contributed by atoms with Gasteiger partial charge in [-0.15, -0.1) is 11.3 Å². The van der Waals surface area contributed by atoms with Gasteiger partial charge in [0.2, 0.25) is 0 Å². The fraction of sp³-hybridized carbons (Fsp3) is 0.240. The van der Waals surface area contributed by atoms with Crippen LogP contribution in [0.5, 0.6) is 0 Å². The van der Waals surface area contributed by atoms with E-state index in [-0.39, 0.29) is 29.3 Å². The summed E-state index contributed by atoms with van der Waals surface area (Å²) in [6.45, 7) is 0. The third kappa shape index (κ3) is 4.24. The van der Waals surface area contributed by atoms with Crippen LogP contribution in [0.3, 0.4) is 0 Å². The van der Waals surface area contributed by atoms with Gasteiger partial charge in [0.15, 0.2) is 4.34 Å². The molecule has 2 aliphatic rings. The van der Waals surface area contributed by atoms with Gasteiger partial charge in [-0.05, 0) is 61.2 Å². The number of thioether (sulfide) groups is 1. The number of rotatable bonds is 6. The number of non-ortho nitro benzene ring substituents is 1. The van der Waals surface area contributed by atoms with Gasteiger partial charge in [0.05, 0.1) is 39.1 Å². The largest absolute Gasteiger partial charge is 0.467 e. The third-order valence-corrected chi connectivity index (χ3v) is 8.48. The highest BCUT2D eigenvalue weighted by atomic mass is 32.2. The van der Waals surface area contributed by atoms with Gasteiger partial charge in [-0.1, -0.05) is 11.8 Å². The topological polar surface area (TPSA) is 115 Å². The summed E-state index contributed by atoms with van der Waals surface area (Å²) in [7, 11) is 0. The van der Waals surface area contributed by atoms with E-state index in [2.05, 4.69) is 4.98 Å². The van der Waals surface area contributed by atoms with E-state index in [1.54, 1.807) is 23.6 Å². The SMILES string of the molecule is O=C(CSc1nc2ccc([N+](=O)[O-])cc2s1)N1N=C2C(=Cc3ccco3)CCCC2C1c1ccco1. The molecule has 2 unspecified atom stereocenters. The van der Waals surface area contributed by atoms with Crippen LogP contribution in [0.25, 0.3) is 16.3 Å². The van der Waals surface area contributed by atoms with Crippen molar-refractivity contribution in [1.82, 2.24) is 9.99 Å². The Balaban J connectivity index is 1.26. The zero-order valence-electron chi connectivity index (χ0n) is 18.9. The number of aromatic nitrogens is 1. The number of hydrogen-bond acceptors (Lipinski definition) is 9. The van der Waals surface area contributed by atoms with Gasteiger partial charge >= 0.3 is 0 Å². The Hall–Kier alpha value is -3.70. The van der Waals surface area contributed by atoms with Crippen molar-refractivity contribution in [3.8, 4) is 0 Å². The fourth-order valence-electron chi connectivity index (χ4n) is 4.75. The van der Waals surface area contributed by atoms with E-state index in [1.807, 2.05) is 30.3 Å². The molecule has 1 aromatic carbocycles. The molecule has 4 heterocycles. The summed E-state index contributed by atoms with van der Waals surface area (Å²) in [4.78, 5) is 28.6. The van der Waals surface area contributed by atoms with Crippen molar-refractivity contribution in [3.05, 3.63) is 82.2 Å². The number of carbonyl (C=O) groups is 1. The number of nitro benzene ring substituents is 1. The molecule has 0 spiro atoms. The second-order valence-electron chi connectivity index (χ2n) is 8.55. The lowest BCUT2D eigenvalue weighted by atomic mass is 9.79. The smallest absolute Gasteiger partial charge is 0.270 e. The molecule has 4 aromatic rings. The number of amides is 1. The van der Waals surface area contributed by atoms with Crippen molar-refractivity contribution in [1.29, 1.82) is 0 Å². The van der Waals surface area contributed by atoms with Gasteiger partial charge in [0.25, 0.3) is 11.6 Å². The average molecular weight is 521 g/mol. The molecule has 3 aromatic heterocycles. The number of nitrogens with zero attached hydrogens (tertiary/aromatic N) is 4. The molecule has 182 valence electrons. The minimum atomic E-state index is -0.426. The van der Waals surface area contributed by atoms with Gasteiger partial charge in [0, 0.05) is 18.1 Å². The van der Waals surface area contributed by atoms with Gasteiger partial charge in [-0.25, -0.2) is 9.99 Å². The van der Waals surface area contributed by atoms with E-state index in [0.29, 0.717) is 20.3 Å². The Kier molecular flexibility index (Phi) is 5.94. The summed E-state index contributed by atoms with van der Waals surface area (Å²) in [6, 6.07) is 11.7. The lowest BCUT2D eigenvalue weighted by Crippen LogP contribution is -2.32. The molecule has 6 rings (SSSR count). The number of fused-ring (bicyclic) bond motifs is 2. The van der Waals surface area contributed by atoms with Gasteiger partial charge in [-0.2, -0.15) is 5.10 Å². The lowest BCUT2D eigenvalue weighted by molar-refractivity contribution is -0.384. The molecule has 0 bridgehead atoms. The minimum Gasteiger partial charge on any atom is -0.467 e. The van der Waals surface area contributed by atoms with E-state index in [0.717, 1.165) is 36.3 Å². The summed E-state index contributed by atoms with van der Waals surface area (Å²) in [6.07, 6.45) is 8.04. The van der Waals surface area contributed by atoms with Crippen LogP contribution in [0.1, 0.15) is 36.8 Å². The van der Waals surface area contributed by atoms with Crippen LogP contribution in [-0.4, -0.2) is 32.3 Å². The number of thiazole rings is 1. The summed E-state index contributed by atoms with van der Waals surface area (Å²) < 4.78 is 12.7. The van der Waals surface area contributed by atoms with Crippen LogP contribution in [0.4, 0.5) is 5.69 Å². The monoisotopic (exact) mass is 520 g/mol. The number of allylic oxidation sites excluding steroid dienone is 1. The van der Waals surface area contributed by atoms with Crippen LogP contribution in [-0.2, 0) is 4.79 Å². The summed E-state index contributed by atoms with van der Waals surface area (Å²) in [5, 5.41) is 17.4. The van der Waals surface area contributed by atoms with Crippen LogP contribution in [0, 0.1) is 16.0 Å². The number of furan rings is 2. The maximum absolute atomic E-state index is 13.5. The maximum atomic E-state index is 13.5. The first-order valence-electron chi connectivity index (χ1n) is 11.4. The Bertz CT molecular complexity index is 1490. The highest BCUT2D eigenvalue weighted by molar-refractivity contribution is 8.01. The molecule has 2 atom stereocenters. The first kappa shape index (κ1) is 22.7. The maximum Gasteiger partial charge on any atom is 0.270 e. The molecule has 1 amide bonds. The van der Waals surface area contributed by atoms with Crippen LogP contribution in [0.15, 0.2) is 78.8 Å². The number of carbonyl (C=O) groups excluding carboxylic acids is 1. The number of nitro groups is 1. The molecule has 0 radical (unpaired) electrons. The Labute approximate surface area is 213 Å². The molecular formula is C25H20N4O5S2. The first-order valence-corrected chi connectivity index (χ1v) is 13.2. The van der Waals surface area contributed by atoms with Crippen molar-refractivity contribution in [3.63, 3.8) is 0 Å². The molecule has 0 N–H and O–H groups in total. The molecule has 1 saturated carbocycles. The zero-order valence-corrected chi connectivity index (χ0v) is 20.5. The van der Waals surface area contributed by atoms with Gasteiger partial charge in [-0.3, -0.25) is 14.9 Å². The van der Waals surface area contributed by atoms with E-state index in [1.165, 1.54) is 35.2 Å². The Morgan fingerprint density at radius 2 is 2.11 bits per heavy atom. The second kappa shape index (κ2) is 9.40. The molecule has 1 aliphatic heterocycles. The van der Waals surface area contributed by atoms with Crippen molar-refractivity contribution in [2.75, 3.05) is 5.75 Å².